The van der Waals surface area contributed by atoms with Gasteiger partial charge in [-0.2, -0.15) is 0 Å². The first-order chi connectivity index (χ1) is 11.7. The molecule has 0 amide bonds. The van der Waals surface area contributed by atoms with Crippen molar-refractivity contribution in [1.29, 1.82) is 0 Å². The maximum absolute atomic E-state index is 5.35. The number of likely N-dealkylation sites (tertiary alicyclic amines) is 1. The number of benzene rings is 1. The zero-order valence-corrected chi connectivity index (χ0v) is 14.9. The zero-order valence-electron chi connectivity index (χ0n) is 14.9. The molecule has 4 nitrogen and oxygen atoms in total. The molecule has 0 spiro atoms. The summed E-state index contributed by atoms with van der Waals surface area (Å²) in [5.74, 6) is 1.95. The van der Waals surface area contributed by atoms with Crippen molar-refractivity contribution >= 4 is 5.82 Å². The van der Waals surface area contributed by atoms with E-state index < -0.39 is 0 Å². The fraction of sp³-hybridized carbons (Fsp3) is 0.450. The molecule has 1 aromatic carbocycles. The summed E-state index contributed by atoms with van der Waals surface area (Å²) in [6.07, 6.45) is 5.63. The monoisotopic (exact) mass is 325 g/mol. The molecule has 1 atom stereocenters. The quantitative estimate of drug-likeness (QED) is 0.814. The first kappa shape index (κ1) is 16.8. The highest BCUT2D eigenvalue weighted by molar-refractivity contribution is 5.37. The van der Waals surface area contributed by atoms with Gasteiger partial charge < -0.3 is 9.64 Å². The van der Waals surface area contributed by atoms with Crippen molar-refractivity contribution < 1.29 is 4.74 Å². The van der Waals surface area contributed by atoms with E-state index in [-0.39, 0.29) is 0 Å². The Morgan fingerprint density at radius 3 is 2.79 bits per heavy atom. The lowest BCUT2D eigenvalue weighted by Gasteiger charge is -2.25. The van der Waals surface area contributed by atoms with Crippen LogP contribution in [0.2, 0.25) is 0 Å². The third-order valence-corrected chi connectivity index (χ3v) is 4.76. The van der Waals surface area contributed by atoms with Gasteiger partial charge in [-0.3, -0.25) is 4.90 Å². The van der Waals surface area contributed by atoms with Gasteiger partial charge in [-0.05, 0) is 55.1 Å². The number of methoxy groups -OCH3 is 1. The van der Waals surface area contributed by atoms with Crippen LogP contribution in [0.5, 0.6) is 5.75 Å². The smallest absolute Gasteiger partial charge is 0.127 e. The molecule has 0 aliphatic carbocycles. The standard InChI is InChI=1S/C20H27N3O/c1-22(2)20-10-9-17(14-21-20)15-23-11-5-7-18(23)12-16-6-4-8-19(13-16)24-3/h4,6,8-10,13-14,18H,5,7,11-12,15H2,1-3H3. The predicted molar refractivity (Wildman–Crippen MR) is 98.7 cm³/mol. The maximum Gasteiger partial charge on any atom is 0.127 e. The van der Waals surface area contributed by atoms with E-state index in [0.717, 1.165) is 24.5 Å². The Balaban J connectivity index is 1.64. The second kappa shape index (κ2) is 7.67. The Morgan fingerprint density at radius 2 is 2.08 bits per heavy atom. The van der Waals surface area contributed by atoms with Crippen molar-refractivity contribution in [3.05, 3.63) is 53.7 Å². The van der Waals surface area contributed by atoms with Crippen molar-refractivity contribution in [1.82, 2.24) is 9.88 Å². The van der Waals surface area contributed by atoms with E-state index in [4.69, 9.17) is 4.74 Å². The molecule has 1 aromatic heterocycles. The molecule has 3 rings (SSSR count). The van der Waals surface area contributed by atoms with Crippen molar-refractivity contribution in [2.75, 3.05) is 32.6 Å². The molecule has 1 aliphatic rings. The number of pyridine rings is 1. The summed E-state index contributed by atoms with van der Waals surface area (Å²) in [6, 6.07) is 13.3. The molecule has 1 fully saturated rings. The lowest BCUT2D eigenvalue weighted by atomic mass is 10.0. The Kier molecular flexibility index (Phi) is 5.36. The summed E-state index contributed by atoms with van der Waals surface area (Å²) in [7, 11) is 5.77. The minimum absolute atomic E-state index is 0.602. The maximum atomic E-state index is 5.35. The fourth-order valence-electron chi connectivity index (χ4n) is 3.42. The van der Waals surface area contributed by atoms with Crippen molar-refractivity contribution in [3.63, 3.8) is 0 Å². The van der Waals surface area contributed by atoms with Gasteiger partial charge in [0.2, 0.25) is 0 Å². The lowest BCUT2D eigenvalue weighted by molar-refractivity contribution is 0.243. The van der Waals surface area contributed by atoms with Gasteiger partial charge in [0.15, 0.2) is 0 Å². The molecule has 0 saturated carbocycles. The van der Waals surface area contributed by atoms with E-state index in [1.807, 2.05) is 31.3 Å². The van der Waals surface area contributed by atoms with Crippen molar-refractivity contribution in [2.24, 2.45) is 0 Å². The van der Waals surface area contributed by atoms with Crippen LogP contribution in [0.1, 0.15) is 24.0 Å². The van der Waals surface area contributed by atoms with Crippen LogP contribution < -0.4 is 9.64 Å². The lowest BCUT2D eigenvalue weighted by Crippen LogP contribution is -2.30. The largest absolute Gasteiger partial charge is 0.497 e. The molecule has 4 heteroatoms. The van der Waals surface area contributed by atoms with Crippen LogP contribution in [-0.4, -0.2) is 43.7 Å². The molecule has 0 radical (unpaired) electrons. The van der Waals surface area contributed by atoms with Gasteiger partial charge in [-0.25, -0.2) is 4.98 Å². The molecule has 24 heavy (non-hydrogen) atoms. The number of aromatic nitrogens is 1. The van der Waals surface area contributed by atoms with E-state index in [9.17, 15) is 0 Å². The van der Waals surface area contributed by atoms with Crippen LogP contribution in [0.3, 0.4) is 0 Å². The molecule has 1 aliphatic heterocycles. The van der Waals surface area contributed by atoms with Gasteiger partial charge in [0.1, 0.15) is 11.6 Å². The van der Waals surface area contributed by atoms with Crippen molar-refractivity contribution in [2.45, 2.75) is 31.8 Å². The highest BCUT2D eigenvalue weighted by Crippen LogP contribution is 2.25. The van der Waals surface area contributed by atoms with E-state index in [1.54, 1.807) is 7.11 Å². The van der Waals surface area contributed by atoms with Crippen LogP contribution in [-0.2, 0) is 13.0 Å². The predicted octanol–water partition coefficient (Wildman–Crippen LogP) is 3.36. The zero-order chi connectivity index (χ0) is 16.9. The molecule has 2 heterocycles. The number of rotatable bonds is 6. The van der Waals surface area contributed by atoms with Crippen LogP contribution in [0.15, 0.2) is 42.6 Å². The average molecular weight is 325 g/mol. The minimum Gasteiger partial charge on any atom is -0.497 e. The Hall–Kier alpha value is -2.07. The SMILES string of the molecule is COc1cccc(CC2CCCN2Cc2ccc(N(C)C)nc2)c1. The summed E-state index contributed by atoms with van der Waals surface area (Å²) >= 11 is 0. The summed E-state index contributed by atoms with van der Waals surface area (Å²) in [6.45, 7) is 2.15. The van der Waals surface area contributed by atoms with E-state index in [2.05, 4.69) is 40.2 Å². The number of anilines is 1. The van der Waals surface area contributed by atoms with Gasteiger partial charge in [-0.15, -0.1) is 0 Å². The highest BCUT2D eigenvalue weighted by atomic mass is 16.5. The number of nitrogens with zero attached hydrogens (tertiary/aromatic N) is 3. The first-order valence-electron chi connectivity index (χ1n) is 8.65. The fourth-order valence-corrected chi connectivity index (χ4v) is 3.42. The van der Waals surface area contributed by atoms with Crippen LogP contribution in [0.25, 0.3) is 0 Å². The number of hydrogen-bond donors (Lipinski definition) is 0. The van der Waals surface area contributed by atoms with Crippen LogP contribution in [0.4, 0.5) is 5.82 Å². The van der Waals surface area contributed by atoms with Gasteiger partial charge >= 0.3 is 0 Å². The molecule has 2 aromatic rings. The van der Waals surface area contributed by atoms with E-state index >= 15 is 0 Å². The van der Waals surface area contributed by atoms with Crippen LogP contribution in [0, 0.1) is 0 Å². The Bertz CT molecular complexity index is 654. The summed E-state index contributed by atoms with van der Waals surface area (Å²) < 4.78 is 5.35. The molecule has 1 unspecified atom stereocenters. The number of hydrogen-bond acceptors (Lipinski definition) is 4. The Labute approximate surface area is 145 Å². The summed E-state index contributed by atoms with van der Waals surface area (Å²) in [5, 5.41) is 0. The third kappa shape index (κ3) is 4.06. The normalized spacial score (nSPS) is 17.9. The molecule has 1 saturated heterocycles. The highest BCUT2D eigenvalue weighted by Gasteiger charge is 2.24. The van der Waals surface area contributed by atoms with Crippen molar-refractivity contribution in [3.8, 4) is 5.75 Å². The van der Waals surface area contributed by atoms with E-state index in [1.165, 1.54) is 30.5 Å². The van der Waals surface area contributed by atoms with Gasteiger partial charge in [0, 0.05) is 32.9 Å². The first-order valence-corrected chi connectivity index (χ1v) is 8.65. The molecular weight excluding hydrogens is 298 g/mol. The van der Waals surface area contributed by atoms with Crippen LogP contribution >= 0.6 is 0 Å². The molecule has 0 bridgehead atoms. The second-order valence-electron chi connectivity index (χ2n) is 6.74. The molecule has 0 N–H and O–H groups in total. The van der Waals surface area contributed by atoms with Gasteiger partial charge in [0.25, 0.3) is 0 Å². The number of ether oxygens (including phenoxy) is 1. The van der Waals surface area contributed by atoms with E-state index in [0.29, 0.717) is 6.04 Å². The summed E-state index contributed by atoms with van der Waals surface area (Å²) in [5.41, 5.74) is 2.64. The van der Waals surface area contributed by atoms with Gasteiger partial charge in [0.05, 0.1) is 7.11 Å². The average Bonchev–Trinajstić information content (AvgIpc) is 3.02. The van der Waals surface area contributed by atoms with Gasteiger partial charge in [-0.1, -0.05) is 18.2 Å². The minimum atomic E-state index is 0.602. The Morgan fingerprint density at radius 1 is 1.21 bits per heavy atom. The third-order valence-electron chi connectivity index (χ3n) is 4.76. The topological polar surface area (TPSA) is 28.6 Å². The summed E-state index contributed by atoms with van der Waals surface area (Å²) in [4.78, 5) is 9.16. The second-order valence-corrected chi connectivity index (χ2v) is 6.74. The molecule has 128 valence electrons. The molecular formula is C20H27N3O.